The van der Waals surface area contributed by atoms with Crippen LogP contribution in [-0.2, 0) is 10.3 Å². The first-order chi connectivity index (χ1) is 17.3. The van der Waals surface area contributed by atoms with Crippen molar-refractivity contribution in [3.05, 3.63) is 35.6 Å². The minimum atomic E-state index is -1.38. The van der Waals surface area contributed by atoms with Crippen LogP contribution in [0.25, 0.3) is 0 Å². The third-order valence-electron chi connectivity index (χ3n) is 7.37. The molecule has 4 atom stereocenters. The van der Waals surface area contributed by atoms with E-state index in [9.17, 15) is 19.1 Å². The summed E-state index contributed by atoms with van der Waals surface area (Å²) in [5.41, 5.74) is -0.930. The molecule has 9 nitrogen and oxygen atoms in total. The molecule has 0 aromatic heterocycles. The van der Waals surface area contributed by atoms with Crippen molar-refractivity contribution in [2.45, 2.75) is 56.6 Å². The van der Waals surface area contributed by atoms with E-state index in [4.69, 9.17) is 9.84 Å². The highest BCUT2D eigenvalue weighted by Gasteiger charge is 2.41. The summed E-state index contributed by atoms with van der Waals surface area (Å²) < 4.78 is 19.7. The number of carbonyl (C=O) groups is 2. The van der Waals surface area contributed by atoms with Gasteiger partial charge in [-0.1, -0.05) is 12.1 Å². The maximum Gasteiger partial charge on any atom is 0.404 e. The predicted octanol–water partition coefficient (Wildman–Crippen LogP) is 2.89. The van der Waals surface area contributed by atoms with Gasteiger partial charge < -0.3 is 35.8 Å². The van der Waals surface area contributed by atoms with Crippen LogP contribution in [0.1, 0.15) is 50.5 Å². The number of piperidine rings is 1. The first kappa shape index (κ1) is 28.1. The molecule has 202 valence electrons. The minimum Gasteiger partial charge on any atom is -0.465 e. The highest BCUT2D eigenvalue weighted by Crippen LogP contribution is 2.39. The Labute approximate surface area is 212 Å². The van der Waals surface area contributed by atoms with Crippen LogP contribution >= 0.6 is 0 Å². The van der Waals surface area contributed by atoms with E-state index in [1.807, 2.05) is 7.05 Å². The zero-order chi connectivity index (χ0) is 26.0. The molecule has 0 bridgehead atoms. The van der Waals surface area contributed by atoms with Gasteiger partial charge in [0.1, 0.15) is 5.82 Å². The molecule has 2 aliphatic rings. The normalized spacial score (nSPS) is 22.9. The molecule has 2 fully saturated rings. The predicted molar refractivity (Wildman–Crippen MR) is 134 cm³/mol. The number of carbonyl (C=O) groups excluding carboxylic acids is 1. The Morgan fingerprint density at radius 2 is 2.14 bits per heavy atom. The van der Waals surface area contributed by atoms with E-state index in [1.165, 1.54) is 12.1 Å². The van der Waals surface area contributed by atoms with Crippen molar-refractivity contribution in [1.82, 2.24) is 20.9 Å². The maximum atomic E-state index is 14.1. The number of likely N-dealkylation sites (tertiary alicyclic amines) is 1. The summed E-state index contributed by atoms with van der Waals surface area (Å²) >= 11 is 0. The lowest BCUT2D eigenvalue weighted by molar-refractivity contribution is -0.0554. The third-order valence-corrected chi connectivity index (χ3v) is 7.37. The first-order valence-electron chi connectivity index (χ1n) is 13.0. The molecule has 3 amide bonds. The monoisotopic (exact) mass is 508 g/mol. The number of hydrogen-bond acceptors (Lipinski definition) is 5. The fraction of sp³-hybridized carbons (Fsp3) is 0.692. The van der Waals surface area contributed by atoms with Crippen molar-refractivity contribution in [1.29, 1.82) is 0 Å². The van der Waals surface area contributed by atoms with Crippen LogP contribution in [0.15, 0.2) is 24.3 Å². The Kier molecular flexibility index (Phi) is 10.8. The fourth-order valence-corrected chi connectivity index (χ4v) is 5.55. The number of amides is 3. The Hall–Kier alpha value is -2.43. The average molecular weight is 509 g/mol. The molecule has 1 aromatic carbocycles. The van der Waals surface area contributed by atoms with E-state index in [0.717, 1.165) is 38.9 Å². The van der Waals surface area contributed by atoms with Gasteiger partial charge in [0.05, 0.1) is 5.60 Å². The summed E-state index contributed by atoms with van der Waals surface area (Å²) in [4.78, 5) is 25.8. The summed E-state index contributed by atoms with van der Waals surface area (Å²) in [5, 5.41) is 29.4. The van der Waals surface area contributed by atoms with Crippen molar-refractivity contribution in [3.63, 3.8) is 0 Å². The molecule has 1 aromatic rings. The molecule has 4 unspecified atom stereocenters. The van der Waals surface area contributed by atoms with Crippen LogP contribution in [-0.4, -0.2) is 79.7 Å². The number of nitrogens with one attached hydrogen (secondary N) is 3. The SMILES string of the molecule is CNCC(CC1CCCOC1)NC(=O)N1CCCC(C(O)(CCCNC(=O)O)c2cccc(F)c2)C1. The quantitative estimate of drug-likeness (QED) is 0.293. The topological polar surface area (TPSA) is 123 Å². The minimum absolute atomic E-state index is 0.0289. The summed E-state index contributed by atoms with van der Waals surface area (Å²) in [6, 6.07) is 5.73. The van der Waals surface area contributed by atoms with Gasteiger partial charge in [-0.05, 0) is 75.6 Å². The molecule has 2 saturated heterocycles. The van der Waals surface area contributed by atoms with Crippen molar-refractivity contribution >= 4 is 12.1 Å². The van der Waals surface area contributed by atoms with Crippen LogP contribution in [0, 0.1) is 17.7 Å². The molecule has 0 spiro atoms. The number of halogens is 1. The number of aliphatic hydroxyl groups is 1. The highest BCUT2D eigenvalue weighted by molar-refractivity contribution is 5.74. The largest absolute Gasteiger partial charge is 0.465 e. The molecular formula is C26H41FN4O5. The summed E-state index contributed by atoms with van der Waals surface area (Å²) in [7, 11) is 1.87. The molecule has 36 heavy (non-hydrogen) atoms. The number of urea groups is 1. The van der Waals surface area contributed by atoms with Crippen LogP contribution in [0.5, 0.6) is 0 Å². The van der Waals surface area contributed by atoms with Crippen molar-refractivity contribution in [3.8, 4) is 0 Å². The van der Waals surface area contributed by atoms with Gasteiger partial charge in [0, 0.05) is 51.4 Å². The summed E-state index contributed by atoms with van der Waals surface area (Å²) in [6.07, 6.45) is 3.89. The van der Waals surface area contributed by atoms with Gasteiger partial charge in [0.2, 0.25) is 0 Å². The Balaban J connectivity index is 1.68. The van der Waals surface area contributed by atoms with Gasteiger partial charge in [0.25, 0.3) is 0 Å². The molecular weight excluding hydrogens is 467 g/mol. The molecule has 0 saturated carbocycles. The van der Waals surface area contributed by atoms with Gasteiger partial charge in [-0.2, -0.15) is 0 Å². The van der Waals surface area contributed by atoms with E-state index in [-0.39, 0.29) is 31.0 Å². The van der Waals surface area contributed by atoms with Crippen LogP contribution in [0.2, 0.25) is 0 Å². The van der Waals surface area contributed by atoms with E-state index in [1.54, 1.807) is 17.0 Å². The van der Waals surface area contributed by atoms with Crippen molar-refractivity contribution in [2.24, 2.45) is 11.8 Å². The number of ether oxygens (including phenoxy) is 1. The number of hydrogen-bond donors (Lipinski definition) is 5. The van der Waals surface area contributed by atoms with E-state index in [0.29, 0.717) is 44.0 Å². The highest BCUT2D eigenvalue weighted by atomic mass is 19.1. The second-order valence-electron chi connectivity index (χ2n) is 10.1. The van der Waals surface area contributed by atoms with E-state index < -0.39 is 17.5 Å². The van der Waals surface area contributed by atoms with Gasteiger partial charge in [-0.15, -0.1) is 0 Å². The van der Waals surface area contributed by atoms with Gasteiger partial charge in [-0.3, -0.25) is 0 Å². The van der Waals surface area contributed by atoms with Gasteiger partial charge >= 0.3 is 12.1 Å². The van der Waals surface area contributed by atoms with Gasteiger partial charge in [-0.25, -0.2) is 14.0 Å². The number of likely N-dealkylation sites (N-methyl/N-ethyl adjacent to an activating group) is 1. The van der Waals surface area contributed by atoms with E-state index >= 15 is 0 Å². The van der Waals surface area contributed by atoms with E-state index in [2.05, 4.69) is 16.0 Å². The molecule has 10 heteroatoms. The zero-order valence-electron chi connectivity index (χ0n) is 21.2. The fourth-order valence-electron chi connectivity index (χ4n) is 5.55. The first-order valence-corrected chi connectivity index (χ1v) is 13.0. The number of benzene rings is 1. The average Bonchev–Trinajstić information content (AvgIpc) is 2.87. The lowest BCUT2D eigenvalue weighted by atomic mass is 9.74. The van der Waals surface area contributed by atoms with Crippen LogP contribution < -0.4 is 16.0 Å². The van der Waals surface area contributed by atoms with Crippen LogP contribution in [0.3, 0.4) is 0 Å². The lowest BCUT2D eigenvalue weighted by Gasteiger charge is -2.43. The van der Waals surface area contributed by atoms with Gasteiger partial charge in [0.15, 0.2) is 0 Å². The molecule has 3 rings (SSSR count). The number of rotatable bonds is 11. The Morgan fingerprint density at radius 1 is 1.31 bits per heavy atom. The van der Waals surface area contributed by atoms with Crippen LogP contribution in [0.4, 0.5) is 14.0 Å². The van der Waals surface area contributed by atoms with Crippen molar-refractivity contribution < 1.29 is 28.9 Å². The Morgan fingerprint density at radius 3 is 2.83 bits per heavy atom. The lowest BCUT2D eigenvalue weighted by Crippen LogP contribution is -2.54. The molecule has 2 aliphatic heterocycles. The zero-order valence-corrected chi connectivity index (χ0v) is 21.2. The standard InChI is InChI=1S/C26H41FN4O5/c1-28-16-23(14-19-6-4-13-36-18-19)30-24(32)31-12-3-8-21(17-31)26(35,10-5-11-29-25(33)34)20-7-2-9-22(27)15-20/h2,7,9,15,19,21,23,28-29,35H,3-6,8,10-14,16-18H2,1H3,(H,30,32)(H,33,34). The molecule has 0 radical (unpaired) electrons. The summed E-state index contributed by atoms with van der Waals surface area (Å²) in [6.45, 7) is 3.28. The summed E-state index contributed by atoms with van der Waals surface area (Å²) in [5.74, 6) is -0.330. The maximum absolute atomic E-state index is 14.1. The smallest absolute Gasteiger partial charge is 0.404 e. The molecule has 2 heterocycles. The van der Waals surface area contributed by atoms with Crippen molar-refractivity contribution in [2.75, 3.05) is 46.4 Å². The second kappa shape index (κ2) is 13.8. The molecule has 0 aliphatic carbocycles. The Bertz CT molecular complexity index is 853. The number of nitrogens with zero attached hydrogens (tertiary/aromatic N) is 1. The second-order valence-corrected chi connectivity index (χ2v) is 10.1. The molecule has 5 N–H and O–H groups in total. The third kappa shape index (κ3) is 8.04. The number of carboxylic acid groups (broad SMARTS) is 1.